The summed E-state index contributed by atoms with van der Waals surface area (Å²) in [5.74, 6) is 0.916. The van der Waals surface area contributed by atoms with Gasteiger partial charge < -0.3 is 18.9 Å². The first-order chi connectivity index (χ1) is 23.8. The molecule has 0 spiro atoms. The second-order valence-corrected chi connectivity index (χ2v) is 12.9. The van der Waals surface area contributed by atoms with Gasteiger partial charge in [0.05, 0.1) is 38.9 Å². The Morgan fingerprint density at radius 3 is 2.26 bits per heavy atom. The number of hydrogen-bond donors (Lipinski definition) is 2. The van der Waals surface area contributed by atoms with E-state index in [2.05, 4.69) is 29.2 Å². The summed E-state index contributed by atoms with van der Waals surface area (Å²) in [5, 5.41) is 3.57. The number of hydrogen-bond acceptors (Lipinski definition) is 9. The number of nitrogens with zero attached hydrogens (tertiary/aromatic N) is 2. The van der Waals surface area contributed by atoms with Gasteiger partial charge in [-0.1, -0.05) is 29.8 Å². The van der Waals surface area contributed by atoms with Crippen molar-refractivity contribution in [3.63, 3.8) is 0 Å². The standard InChI is InChI=1S/C36H35ClN2O6.H2O4S/c1-23-31(32-20-30(43-3)12-13-33(32)39(23)36(41)24-6-9-28(37)10-7-24)21-35(40)45-17-15-38-14-16-44-34(22-38)27-5-4-26-19-29(42-2)11-8-25(26)18-27;1-5(2,3)4/h4-13,18-20,34H,14-17,21-22H2,1-3H3;(H2,1,2,3,4). The monoisotopic (exact) mass is 724 g/mol. The molecular weight excluding hydrogens is 688 g/mol. The first-order valence-electron chi connectivity index (χ1n) is 15.6. The maximum atomic E-state index is 13.6. The molecule has 4 aromatic carbocycles. The number of carbonyl (C=O) groups excluding carboxylic acids is 2. The van der Waals surface area contributed by atoms with Crippen LogP contribution in [-0.4, -0.2) is 85.9 Å². The molecule has 1 fully saturated rings. The third-order valence-corrected chi connectivity index (χ3v) is 8.67. The molecule has 0 saturated carbocycles. The summed E-state index contributed by atoms with van der Waals surface area (Å²) in [6.07, 6.45) is -0.0350. The Balaban J connectivity index is 0.000000908. The SMILES string of the molecule is COc1ccc2cc(C3CN(CCOC(=O)Cc4c(C)n(C(=O)c5ccc(Cl)cc5)c5ccc(OC)cc45)CCO3)ccc2c1.O=S(=O)(O)O. The van der Waals surface area contributed by atoms with Gasteiger partial charge in [0.2, 0.25) is 0 Å². The lowest BCUT2D eigenvalue weighted by Crippen LogP contribution is -2.40. The Labute approximate surface area is 294 Å². The third kappa shape index (κ3) is 9.18. The Hall–Kier alpha value is -4.50. The molecule has 1 atom stereocenters. The van der Waals surface area contributed by atoms with E-state index < -0.39 is 10.4 Å². The van der Waals surface area contributed by atoms with Crippen LogP contribution in [0.4, 0.5) is 0 Å². The number of fused-ring (bicyclic) bond motifs is 2. The van der Waals surface area contributed by atoms with Gasteiger partial charge in [-0.05, 0) is 89.5 Å². The van der Waals surface area contributed by atoms with Gasteiger partial charge in [0.1, 0.15) is 18.1 Å². The fourth-order valence-corrected chi connectivity index (χ4v) is 6.08. The lowest BCUT2D eigenvalue weighted by atomic mass is 10.0. The average Bonchev–Trinajstić information content (AvgIpc) is 3.36. The predicted octanol–water partition coefficient (Wildman–Crippen LogP) is 5.97. The zero-order chi connectivity index (χ0) is 36.0. The van der Waals surface area contributed by atoms with E-state index >= 15 is 0 Å². The fraction of sp³-hybridized carbons (Fsp3) is 0.278. The molecule has 1 unspecified atom stereocenters. The Morgan fingerprint density at radius 1 is 0.920 bits per heavy atom. The number of rotatable bonds is 9. The summed E-state index contributed by atoms with van der Waals surface area (Å²) in [6.45, 7) is 4.77. The van der Waals surface area contributed by atoms with Gasteiger partial charge in [0.15, 0.2) is 0 Å². The lowest BCUT2D eigenvalue weighted by molar-refractivity contribution is -0.143. The number of halogens is 1. The highest BCUT2D eigenvalue weighted by molar-refractivity contribution is 7.79. The normalized spacial score (nSPS) is 15.0. The smallest absolute Gasteiger partial charge is 0.394 e. The largest absolute Gasteiger partial charge is 0.497 e. The summed E-state index contributed by atoms with van der Waals surface area (Å²) >= 11 is 6.04. The van der Waals surface area contributed by atoms with Crippen molar-refractivity contribution in [3.05, 3.63) is 106 Å². The molecule has 2 heterocycles. The topological polar surface area (TPSA) is 154 Å². The molecule has 1 aromatic heterocycles. The van der Waals surface area contributed by atoms with Gasteiger partial charge in [0, 0.05) is 41.3 Å². The maximum absolute atomic E-state index is 13.6. The first-order valence-corrected chi connectivity index (χ1v) is 17.4. The molecule has 6 rings (SSSR count). The molecule has 1 aliphatic rings. The number of methoxy groups -OCH3 is 2. The molecular formula is C36H37ClN2O10S. The molecule has 0 aliphatic carbocycles. The van der Waals surface area contributed by atoms with Gasteiger partial charge in [-0.3, -0.25) is 28.2 Å². The Morgan fingerprint density at radius 2 is 1.56 bits per heavy atom. The zero-order valence-electron chi connectivity index (χ0n) is 27.7. The van der Waals surface area contributed by atoms with Gasteiger partial charge in [-0.25, -0.2) is 0 Å². The molecule has 12 nitrogen and oxygen atoms in total. The van der Waals surface area contributed by atoms with Crippen LogP contribution in [0.3, 0.4) is 0 Å². The van der Waals surface area contributed by atoms with E-state index in [4.69, 9.17) is 48.1 Å². The Kier molecular flexibility index (Phi) is 11.8. The van der Waals surface area contributed by atoms with Crippen molar-refractivity contribution in [2.45, 2.75) is 19.4 Å². The van der Waals surface area contributed by atoms with Crippen LogP contribution in [0.25, 0.3) is 21.7 Å². The minimum Gasteiger partial charge on any atom is -0.497 e. The van der Waals surface area contributed by atoms with E-state index in [0.717, 1.165) is 39.6 Å². The number of carbonyl (C=O) groups is 2. The summed E-state index contributed by atoms with van der Waals surface area (Å²) in [4.78, 5) is 29.0. The number of morpholine rings is 1. The van der Waals surface area contributed by atoms with Gasteiger partial charge >= 0.3 is 16.4 Å². The number of ether oxygens (including phenoxy) is 4. The second-order valence-electron chi connectivity index (χ2n) is 11.6. The number of benzene rings is 4. The average molecular weight is 725 g/mol. The van der Waals surface area contributed by atoms with Crippen molar-refractivity contribution < 1.29 is 46.1 Å². The minimum absolute atomic E-state index is 0.0318. The van der Waals surface area contributed by atoms with E-state index in [0.29, 0.717) is 47.2 Å². The summed E-state index contributed by atoms with van der Waals surface area (Å²) in [7, 11) is -1.41. The lowest BCUT2D eigenvalue weighted by Gasteiger charge is -2.33. The molecule has 0 amide bonds. The third-order valence-electron chi connectivity index (χ3n) is 8.42. The molecule has 1 aliphatic heterocycles. The quantitative estimate of drug-likeness (QED) is 0.137. The second kappa shape index (κ2) is 16.0. The van der Waals surface area contributed by atoms with Crippen LogP contribution in [0.15, 0.2) is 78.9 Å². The minimum atomic E-state index is -4.67. The molecule has 0 radical (unpaired) electrons. The van der Waals surface area contributed by atoms with E-state index in [9.17, 15) is 9.59 Å². The highest BCUT2D eigenvalue weighted by atomic mass is 35.5. The van der Waals surface area contributed by atoms with Crippen LogP contribution in [0, 0.1) is 6.92 Å². The number of aromatic nitrogens is 1. The van der Waals surface area contributed by atoms with E-state index in [1.807, 2.05) is 31.2 Å². The predicted molar refractivity (Wildman–Crippen MR) is 189 cm³/mol. The van der Waals surface area contributed by atoms with Crippen LogP contribution >= 0.6 is 11.6 Å². The first kappa shape index (κ1) is 36.8. The fourth-order valence-electron chi connectivity index (χ4n) is 5.96. The van der Waals surface area contributed by atoms with E-state index in [1.54, 1.807) is 49.1 Å². The van der Waals surface area contributed by atoms with E-state index in [-0.39, 0.29) is 31.0 Å². The molecule has 5 aromatic rings. The maximum Gasteiger partial charge on any atom is 0.394 e. The van der Waals surface area contributed by atoms with Crippen molar-refractivity contribution in [2.24, 2.45) is 0 Å². The zero-order valence-corrected chi connectivity index (χ0v) is 29.2. The molecule has 264 valence electrons. The molecule has 0 bridgehead atoms. The highest BCUT2D eigenvalue weighted by Crippen LogP contribution is 2.31. The van der Waals surface area contributed by atoms with Crippen molar-refractivity contribution in [2.75, 3.05) is 47.1 Å². The molecule has 50 heavy (non-hydrogen) atoms. The van der Waals surface area contributed by atoms with Crippen LogP contribution < -0.4 is 9.47 Å². The van der Waals surface area contributed by atoms with Gasteiger partial charge in [-0.2, -0.15) is 8.42 Å². The van der Waals surface area contributed by atoms with Crippen LogP contribution in [-0.2, 0) is 31.1 Å². The van der Waals surface area contributed by atoms with Crippen LogP contribution in [0.5, 0.6) is 11.5 Å². The van der Waals surface area contributed by atoms with Crippen LogP contribution in [0.2, 0.25) is 5.02 Å². The molecule has 2 N–H and O–H groups in total. The van der Waals surface area contributed by atoms with Crippen molar-refractivity contribution >= 4 is 55.6 Å². The Bertz CT molecular complexity index is 2110. The van der Waals surface area contributed by atoms with E-state index in [1.165, 1.54) is 0 Å². The van der Waals surface area contributed by atoms with Gasteiger partial charge in [0.25, 0.3) is 5.91 Å². The van der Waals surface area contributed by atoms with Crippen molar-refractivity contribution in [1.82, 2.24) is 9.47 Å². The summed E-state index contributed by atoms with van der Waals surface area (Å²) in [6, 6.07) is 24.7. The van der Waals surface area contributed by atoms with Crippen molar-refractivity contribution in [1.29, 1.82) is 0 Å². The summed E-state index contributed by atoms with van der Waals surface area (Å²) in [5.41, 5.74) is 3.72. The number of esters is 1. The molecule has 14 heteroatoms. The van der Waals surface area contributed by atoms with Crippen molar-refractivity contribution in [3.8, 4) is 11.5 Å². The molecule has 1 saturated heterocycles. The highest BCUT2D eigenvalue weighted by Gasteiger charge is 2.24. The van der Waals surface area contributed by atoms with Gasteiger partial charge in [-0.15, -0.1) is 0 Å². The summed E-state index contributed by atoms with van der Waals surface area (Å²) < 4.78 is 55.8. The van der Waals surface area contributed by atoms with Crippen LogP contribution in [0.1, 0.15) is 33.3 Å².